The molecule has 0 saturated heterocycles. The van der Waals surface area contributed by atoms with Crippen LogP contribution in [0.2, 0.25) is 0 Å². The van der Waals surface area contributed by atoms with Gasteiger partial charge in [-0.3, -0.25) is 4.55 Å². The summed E-state index contributed by atoms with van der Waals surface area (Å²) in [6.07, 6.45) is 8.23. The van der Waals surface area contributed by atoms with Gasteiger partial charge in [0.1, 0.15) is 0 Å². The minimum absolute atomic E-state index is 0.00539. The topological polar surface area (TPSA) is 83.8 Å². The van der Waals surface area contributed by atoms with E-state index >= 15 is 0 Å². The molecule has 0 heterocycles. The Kier molecular flexibility index (Phi) is 10.6. The molecular weight excluding hydrogens is 256 g/mol. The zero-order valence-corrected chi connectivity index (χ0v) is 12.0. The van der Waals surface area contributed by atoms with Gasteiger partial charge in [0.15, 0.2) is 0 Å². The van der Waals surface area contributed by atoms with Crippen LogP contribution < -0.4 is 0 Å². The molecule has 0 amide bonds. The Bertz CT molecular complexity index is 276. The van der Waals surface area contributed by atoms with Gasteiger partial charge in [0, 0.05) is 0 Å². The van der Waals surface area contributed by atoms with E-state index in [0.717, 1.165) is 32.1 Å². The van der Waals surface area contributed by atoms with Crippen LogP contribution in [0.15, 0.2) is 0 Å². The van der Waals surface area contributed by atoms with Crippen molar-refractivity contribution in [3.05, 3.63) is 0 Å². The van der Waals surface area contributed by atoms with Crippen molar-refractivity contribution in [2.45, 2.75) is 70.8 Å². The Morgan fingerprint density at radius 1 is 1.00 bits per heavy atom. The standard InChI is InChI=1S/C12H26O5S/c1-2-3-4-6-9-12(13)10-7-5-8-11-17-18(14,15)16/h12-13H,2-11H2,1H3,(H,14,15,16). The molecule has 0 bridgehead atoms. The minimum atomic E-state index is -4.29. The molecule has 5 nitrogen and oxygen atoms in total. The van der Waals surface area contributed by atoms with Crippen molar-refractivity contribution in [3.8, 4) is 0 Å². The quantitative estimate of drug-likeness (QED) is 0.425. The molecule has 6 heteroatoms. The second-order valence-electron chi connectivity index (χ2n) is 4.60. The van der Waals surface area contributed by atoms with Gasteiger partial charge in [0.2, 0.25) is 0 Å². The van der Waals surface area contributed by atoms with Gasteiger partial charge in [-0.2, -0.15) is 8.42 Å². The Morgan fingerprint density at radius 3 is 2.06 bits per heavy atom. The zero-order valence-electron chi connectivity index (χ0n) is 11.2. The summed E-state index contributed by atoms with van der Waals surface area (Å²) in [4.78, 5) is 0. The van der Waals surface area contributed by atoms with Crippen molar-refractivity contribution in [1.29, 1.82) is 0 Å². The first-order valence-electron chi connectivity index (χ1n) is 6.75. The lowest BCUT2D eigenvalue weighted by Gasteiger charge is -2.09. The van der Waals surface area contributed by atoms with Crippen LogP contribution in [0.5, 0.6) is 0 Å². The third-order valence-corrected chi connectivity index (χ3v) is 3.27. The largest absolute Gasteiger partial charge is 0.397 e. The molecule has 18 heavy (non-hydrogen) atoms. The lowest BCUT2D eigenvalue weighted by Crippen LogP contribution is -2.07. The molecule has 0 rings (SSSR count). The fourth-order valence-corrected chi connectivity index (χ4v) is 2.10. The van der Waals surface area contributed by atoms with Crippen molar-refractivity contribution < 1.29 is 22.3 Å². The molecule has 0 saturated carbocycles. The summed E-state index contributed by atoms with van der Waals surface area (Å²) < 4.78 is 33.0. The van der Waals surface area contributed by atoms with Crippen molar-refractivity contribution in [2.24, 2.45) is 0 Å². The fraction of sp³-hybridized carbons (Fsp3) is 1.00. The van der Waals surface area contributed by atoms with E-state index in [0.29, 0.717) is 6.42 Å². The summed E-state index contributed by atoms with van der Waals surface area (Å²) in [7, 11) is -4.29. The highest BCUT2D eigenvalue weighted by Gasteiger charge is 2.05. The molecule has 1 unspecified atom stereocenters. The summed E-state index contributed by atoms with van der Waals surface area (Å²) in [5.74, 6) is 0. The summed E-state index contributed by atoms with van der Waals surface area (Å²) in [6.45, 7) is 2.16. The third kappa shape index (κ3) is 13.9. The molecule has 0 aromatic carbocycles. The van der Waals surface area contributed by atoms with E-state index in [1.165, 1.54) is 19.3 Å². The van der Waals surface area contributed by atoms with Gasteiger partial charge < -0.3 is 5.11 Å². The van der Waals surface area contributed by atoms with Crippen LogP contribution >= 0.6 is 0 Å². The van der Waals surface area contributed by atoms with Gasteiger partial charge in [0.05, 0.1) is 12.7 Å². The van der Waals surface area contributed by atoms with Crippen molar-refractivity contribution in [2.75, 3.05) is 6.61 Å². The average molecular weight is 282 g/mol. The number of hydrogen-bond acceptors (Lipinski definition) is 4. The molecule has 0 aliphatic heterocycles. The lowest BCUT2D eigenvalue weighted by molar-refractivity contribution is 0.146. The summed E-state index contributed by atoms with van der Waals surface area (Å²) >= 11 is 0. The highest BCUT2D eigenvalue weighted by molar-refractivity contribution is 7.80. The molecule has 0 fully saturated rings. The van der Waals surface area contributed by atoms with E-state index in [2.05, 4.69) is 11.1 Å². The normalized spacial score (nSPS) is 13.7. The van der Waals surface area contributed by atoms with Crippen LogP contribution in [0.4, 0.5) is 0 Å². The molecule has 1 atom stereocenters. The van der Waals surface area contributed by atoms with E-state index in [1.54, 1.807) is 0 Å². The summed E-state index contributed by atoms with van der Waals surface area (Å²) in [6, 6.07) is 0. The van der Waals surface area contributed by atoms with Crippen LogP contribution in [-0.2, 0) is 14.6 Å². The first-order valence-corrected chi connectivity index (χ1v) is 8.12. The Morgan fingerprint density at radius 2 is 1.56 bits per heavy atom. The van der Waals surface area contributed by atoms with E-state index in [-0.39, 0.29) is 12.7 Å². The summed E-state index contributed by atoms with van der Waals surface area (Å²) in [5, 5.41) is 9.67. The molecule has 2 N–H and O–H groups in total. The van der Waals surface area contributed by atoms with Crippen LogP contribution in [0.25, 0.3) is 0 Å². The van der Waals surface area contributed by atoms with E-state index < -0.39 is 10.4 Å². The number of unbranched alkanes of at least 4 members (excludes halogenated alkanes) is 5. The van der Waals surface area contributed by atoms with E-state index in [1.807, 2.05) is 0 Å². The van der Waals surface area contributed by atoms with Gasteiger partial charge >= 0.3 is 10.4 Å². The second kappa shape index (κ2) is 10.7. The lowest BCUT2D eigenvalue weighted by atomic mass is 10.0. The first-order chi connectivity index (χ1) is 8.45. The van der Waals surface area contributed by atoms with Crippen molar-refractivity contribution in [1.82, 2.24) is 0 Å². The molecule has 0 radical (unpaired) electrons. The maximum Gasteiger partial charge on any atom is 0.397 e. The zero-order chi connectivity index (χ0) is 13.9. The minimum Gasteiger partial charge on any atom is -0.393 e. The smallest absolute Gasteiger partial charge is 0.393 e. The predicted octanol–water partition coefficient (Wildman–Crippen LogP) is 2.70. The monoisotopic (exact) mass is 282 g/mol. The molecule has 0 spiro atoms. The summed E-state index contributed by atoms with van der Waals surface area (Å²) in [5.41, 5.74) is 0. The SMILES string of the molecule is CCCCCCC(O)CCCCCOS(=O)(=O)O. The maximum atomic E-state index is 10.2. The Hall–Kier alpha value is -0.170. The Labute approximate surface area is 110 Å². The maximum absolute atomic E-state index is 10.2. The average Bonchev–Trinajstić information content (AvgIpc) is 2.28. The van der Waals surface area contributed by atoms with Gasteiger partial charge in [-0.1, -0.05) is 45.4 Å². The van der Waals surface area contributed by atoms with Crippen molar-refractivity contribution in [3.63, 3.8) is 0 Å². The highest BCUT2D eigenvalue weighted by atomic mass is 32.3. The van der Waals surface area contributed by atoms with Gasteiger partial charge in [0.25, 0.3) is 0 Å². The van der Waals surface area contributed by atoms with Crippen molar-refractivity contribution >= 4 is 10.4 Å². The van der Waals surface area contributed by atoms with Crippen LogP contribution in [0, 0.1) is 0 Å². The van der Waals surface area contributed by atoms with Crippen LogP contribution in [-0.4, -0.2) is 30.8 Å². The van der Waals surface area contributed by atoms with Gasteiger partial charge in [-0.05, 0) is 19.3 Å². The highest BCUT2D eigenvalue weighted by Crippen LogP contribution is 2.11. The third-order valence-electron chi connectivity index (χ3n) is 2.80. The number of aliphatic hydroxyl groups excluding tert-OH is 1. The van der Waals surface area contributed by atoms with Gasteiger partial charge in [-0.25, -0.2) is 4.18 Å². The molecule has 0 aromatic heterocycles. The Balaban J connectivity index is 3.27. The predicted molar refractivity (Wildman–Crippen MR) is 70.7 cm³/mol. The molecule has 0 aliphatic carbocycles. The fourth-order valence-electron chi connectivity index (χ4n) is 1.77. The number of hydrogen-bond donors (Lipinski definition) is 2. The molecule has 110 valence electrons. The van der Waals surface area contributed by atoms with Gasteiger partial charge in [-0.15, -0.1) is 0 Å². The van der Waals surface area contributed by atoms with Crippen LogP contribution in [0.1, 0.15) is 64.7 Å². The number of rotatable bonds is 12. The molecule has 0 aromatic rings. The van der Waals surface area contributed by atoms with E-state index in [9.17, 15) is 13.5 Å². The first kappa shape index (κ1) is 17.8. The molecular formula is C12H26O5S. The van der Waals surface area contributed by atoms with Crippen LogP contribution in [0.3, 0.4) is 0 Å². The van der Waals surface area contributed by atoms with E-state index in [4.69, 9.17) is 4.55 Å². The molecule has 0 aliphatic rings. The second-order valence-corrected chi connectivity index (χ2v) is 5.69. The number of aliphatic hydroxyl groups is 1.